The van der Waals surface area contributed by atoms with Gasteiger partial charge in [0, 0.05) is 87.1 Å². The van der Waals surface area contributed by atoms with Crippen LogP contribution in [0.3, 0.4) is 0 Å². The first kappa shape index (κ1) is 34.7. The average Bonchev–Trinajstić information content (AvgIpc) is 3.98. The van der Waals surface area contributed by atoms with Crippen LogP contribution >= 0.6 is 0 Å². The Morgan fingerprint density at radius 1 is 0.944 bits per heavy atom. The van der Waals surface area contributed by atoms with Gasteiger partial charge in [-0.1, -0.05) is 41.6 Å². The Labute approximate surface area is 309 Å². The van der Waals surface area contributed by atoms with Crippen molar-refractivity contribution in [3.63, 3.8) is 0 Å². The quantitative estimate of drug-likeness (QED) is 0.216. The van der Waals surface area contributed by atoms with E-state index >= 15 is 4.39 Å². The second-order valence-corrected chi connectivity index (χ2v) is 13.4. The number of halogens is 2. The number of hydrogen-bond acceptors (Lipinski definition) is 8. The number of nitrogens with zero attached hydrogens (tertiary/aromatic N) is 9. The average molecular weight is 733 g/mol. The summed E-state index contributed by atoms with van der Waals surface area (Å²) in [6, 6.07) is 14.7. The van der Waals surface area contributed by atoms with Crippen molar-refractivity contribution in [3.05, 3.63) is 102 Å². The van der Waals surface area contributed by atoms with Gasteiger partial charge in [0.1, 0.15) is 11.5 Å². The van der Waals surface area contributed by atoms with E-state index in [2.05, 4.69) is 25.4 Å². The van der Waals surface area contributed by atoms with E-state index in [4.69, 9.17) is 4.74 Å². The summed E-state index contributed by atoms with van der Waals surface area (Å²) >= 11 is 0. The molecule has 0 spiro atoms. The minimum atomic E-state index is -0.500. The van der Waals surface area contributed by atoms with Gasteiger partial charge in [-0.2, -0.15) is 5.10 Å². The molecule has 0 radical (unpaired) electrons. The Bertz CT molecular complexity index is 2360. The molecule has 0 saturated carbocycles. The molecule has 15 heteroatoms. The molecule has 6 aromatic rings. The van der Waals surface area contributed by atoms with Crippen LogP contribution in [0.15, 0.2) is 79.4 Å². The van der Waals surface area contributed by atoms with Crippen LogP contribution in [0.4, 0.5) is 14.6 Å². The van der Waals surface area contributed by atoms with Crippen molar-refractivity contribution >= 4 is 34.1 Å². The van der Waals surface area contributed by atoms with E-state index in [1.165, 1.54) is 13.2 Å². The first-order chi connectivity index (χ1) is 26.3. The van der Waals surface area contributed by atoms with E-state index in [9.17, 15) is 14.0 Å². The molecule has 2 aromatic carbocycles. The number of aromatic amines is 1. The van der Waals surface area contributed by atoms with E-state index < -0.39 is 11.6 Å². The number of H-pyrrole nitrogens is 1. The molecule has 1 saturated heterocycles. The van der Waals surface area contributed by atoms with Crippen LogP contribution in [-0.2, 0) is 18.4 Å². The number of aromatic nitrogens is 7. The van der Waals surface area contributed by atoms with Gasteiger partial charge in [0.05, 0.1) is 43.5 Å². The largest absolute Gasteiger partial charge is 0.493 e. The van der Waals surface area contributed by atoms with Gasteiger partial charge in [0.15, 0.2) is 17.4 Å². The highest BCUT2D eigenvalue weighted by atomic mass is 19.1. The maximum atomic E-state index is 16.9. The highest BCUT2D eigenvalue weighted by Crippen LogP contribution is 2.41. The normalized spacial score (nSPS) is 14.8. The summed E-state index contributed by atoms with van der Waals surface area (Å²) in [6.07, 6.45) is 8.98. The van der Waals surface area contributed by atoms with Crippen molar-refractivity contribution in [2.24, 2.45) is 7.05 Å². The molecule has 2 aliphatic heterocycles. The molecule has 1 N–H and O–H groups in total. The Kier molecular flexibility index (Phi) is 9.36. The zero-order valence-corrected chi connectivity index (χ0v) is 29.9. The minimum absolute atomic E-state index is 0.0575. The SMILES string of the molecule is COc1cc(F)cnc1N1CCN(C(=O)c2cc3c(-c4cnn(C)c4-c4ccccc4)cc(C4=CCCN(C(=O)CCn5ccnn5)C4)c(F)c3[nH]2)CC1. The summed E-state index contributed by atoms with van der Waals surface area (Å²) in [5.41, 5.74) is 4.74. The fraction of sp³-hybridized carbons (Fsp3) is 0.282. The lowest BCUT2D eigenvalue weighted by Gasteiger charge is -2.35. The monoisotopic (exact) mass is 732 g/mol. The predicted octanol–water partition coefficient (Wildman–Crippen LogP) is 5.18. The summed E-state index contributed by atoms with van der Waals surface area (Å²) in [5.74, 6) is -0.494. The Balaban J connectivity index is 1.14. The standard InChI is InChI=1S/C39H38F2N10O3/c1-47-37(25-7-4-3-5-8-25)31(23-44-47)29-20-28(26-9-6-12-50(24-26)34(52)10-13-51-14-11-43-46-51)35(41)36-30(29)21-32(45-36)39(53)49-17-15-48(16-18-49)38-33(54-2)19-27(40)22-42-38/h3-5,7-9,11,14,19-23,45H,6,10,12-13,15-18,24H2,1-2H3. The summed E-state index contributed by atoms with van der Waals surface area (Å²) in [6.45, 7) is 2.79. The predicted molar refractivity (Wildman–Crippen MR) is 199 cm³/mol. The second-order valence-electron chi connectivity index (χ2n) is 13.4. The molecule has 0 unspecified atom stereocenters. The minimum Gasteiger partial charge on any atom is -0.493 e. The van der Waals surface area contributed by atoms with Crippen LogP contribution in [-0.4, -0.2) is 103 Å². The number of benzene rings is 2. The Hall–Kier alpha value is -6.38. The maximum absolute atomic E-state index is 16.9. The molecule has 2 amide bonds. The number of fused-ring (bicyclic) bond motifs is 1. The number of ether oxygens (including phenoxy) is 1. The highest BCUT2D eigenvalue weighted by molar-refractivity contribution is 6.06. The van der Waals surface area contributed by atoms with Gasteiger partial charge >= 0.3 is 0 Å². The van der Waals surface area contributed by atoms with Gasteiger partial charge in [-0.05, 0) is 29.7 Å². The number of carbonyl (C=O) groups is 2. The summed E-state index contributed by atoms with van der Waals surface area (Å²) in [4.78, 5) is 40.1. The van der Waals surface area contributed by atoms with Gasteiger partial charge < -0.3 is 24.4 Å². The molecule has 0 atom stereocenters. The number of anilines is 1. The molecule has 0 bridgehead atoms. The number of pyridine rings is 1. The first-order valence-electron chi connectivity index (χ1n) is 17.8. The van der Waals surface area contributed by atoms with Crippen molar-refractivity contribution in [2.45, 2.75) is 19.4 Å². The lowest BCUT2D eigenvalue weighted by Crippen LogP contribution is -2.49. The number of carbonyl (C=O) groups excluding carboxylic acids is 2. The zero-order valence-electron chi connectivity index (χ0n) is 29.9. The van der Waals surface area contributed by atoms with Gasteiger partial charge in [0.2, 0.25) is 5.91 Å². The third-order valence-corrected chi connectivity index (χ3v) is 10.1. The molecule has 0 aliphatic carbocycles. The molecule has 13 nitrogen and oxygen atoms in total. The molecule has 276 valence electrons. The summed E-state index contributed by atoms with van der Waals surface area (Å²) in [7, 11) is 3.33. The molecular formula is C39H38F2N10O3. The van der Waals surface area contributed by atoms with Crippen molar-refractivity contribution in [1.82, 2.24) is 44.5 Å². The zero-order chi connectivity index (χ0) is 37.3. The van der Waals surface area contributed by atoms with Gasteiger partial charge in [-0.3, -0.25) is 19.0 Å². The molecular weight excluding hydrogens is 694 g/mol. The van der Waals surface area contributed by atoms with E-state index in [1.54, 1.807) is 43.8 Å². The van der Waals surface area contributed by atoms with Crippen LogP contribution in [0, 0.1) is 11.6 Å². The van der Waals surface area contributed by atoms with Crippen molar-refractivity contribution in [1.29, 1.82) is 0 Å². The number of aryl methyl sites for hydroxylation is 2. The topological polar surface area (TPSA) is 130 Å². The van der Waals surface area contributed by atoms with Crippen LogP contribution < -0.4 is 9.64 Å². The van der Waals surface area contributed by atoms with E-state index in [-0.39, 0.29) is 36.0 Å². The number of methoxy groups -OCH3 is 1. The second kappa shape index (κ2) is 14.6. The van der Waals surface area contributed by atoms with Crippen molar-refractivity contribution < 1.29 is 23.1 Å². The molecule has 54 heavy (non-hydrogen) atoms. The van der Waals surface area contributed by atoms with Gasteiger partial charge in [0.25, 0.3) is 5.91 Å². The van der Waals surface area contributed by atoms with Gasteiger partial charge in [-0.15, -0.1) is 5.10 Å². The number of hydrogen-bond donors (Lipinski definition) is 1. The molecule has 6 heterocycles. The number of piperazine rings is 1. The highest BCUT2D eigenvalue weighted by Gasteiger charge is 2.29. The molecule has 4 aromatic heterocycles. The maximum Gasteiger partial charge on any atom is 0.270 e. The summed E-state index contributed by atoms with van der Waals surface area (Å²) in [5, 5.41) is 12.9. The van der Waals surface area contributed by atoms with Crippen molar-refractivity contribution in [3.8, 4) is 28.1 Å². The molecule has 8 rings (SSSR count). The number of rotatable bonds is 9. The van der Waals surface area contributed by atoms with Crippen LogP contribution in [0.1, 0.15) is 28.9 Å². The third-order valence-electron chi connectivity index (χ3n) is 10.1. The van der Waals surface area contributed by atoms with Crippen LogP contribution in [0.5, 0.6) is 5.75 Å². The Morgan fingerprint density at radius 3 is 2.52 bits per heavy atom. The number of amides is 2. The van der Waals surface area contributed by atoms with E-state index in [0.717, 1.165) is 23.0 Å². The number of nitrogens with one attached hydrogen (secondary N) is 1. The van der Waals surface area contributed by atoms with E-state index in [1.807, 2.05) is 54.4 Å². The fourth-order valence-corrected chi connectivity index (χ4v) is 7.37. The third kappa shape index (κ3) is 6.57. The first-order valence-corrected chi connectivity index (χ1v) is 17.8. The smallest absolute Gasteiger partial charge is 0.270 e. The van der Waals surface area contributed by atoms with Crippen LogP contribution in [0.2, 0.25) is 0 Å². The lowest BCUT2D eigenvalue weighted by atomic mass is 9.92. The molecule has 1 fully saturated rings. The van der Waals surface area contributed by atoms with Gasteiger partial charge in [-0.25, -0.2) is 13.8 Å². The Morgan fingerprint density at radius 2 is 1.76 bits per heavy atom. The summed E-state index contributed by atoms with van der Waals surface area (Å²) < 4.78 is 39.5. The molecule has 2 aliphatic rings. The van der Waals surface area contributed by atoms with E-state index in [0.29, 0.717) is 79.3 Å². The van der Waals surface area contributed by atoms with Crippen LogP contribution in [0.25, 0.3) is 38.9 Å². The lowest BCUT2D eigenvalue weighted by molar-refractivity contribution is -0.131. The fourth-order valence-electron chi connectivity index (χ4n) is 7.37. The van der Waals surface area contributed by atoms with Crippen molar-refractivity contribution in [2.75, 3.05) is 51.3 Å².